The molecule has 0 amide bonds. The monoisotopic (exact) mass is 260 g/mol. The van der Waals surface area contributed by atoms with E-state index in [4.69, 9.17) is 4.74 Å². The van der Waals surface area contributed by atoms with Crippen LogP contribution in [-0.2, 0) is 0 Å². The molecule has 5 heteroatoms. The van der Waals surface area contributed by atoms with Crippen LogP contribution in [0.3, 0.4) is 0 Å². The van der Waals surface area contributed by atoms with E-state index < -0.39 is 0 Å². The Balaban J connectivity index is 2.00. The van der Waals surface area contributed by atoms with E-state index in [-0.39, 0.29) is 0 Å². The Morgan fingerprint density at radius 2 is 2.26 bits per heavy atom. The molecular weight excluding hydrogens is 240 g/mol. The van der Waals surface area contributed by atoms with Crippen LogP contribution < -0.4 is 4.74 Å². The van der Waals surface area contributed by atoms with Crippen LogP contribution >= 0.6 is 0 Å². The number of hydrogen-bond acceptors (Lipinski definition) is 4. The summed E-state index contributed by atoms with van der Waals surface area (Å²) in [4.78, 5) is 7.14. The quantitative estimate of drug-likeness (QED) is 0.849. The number of ether oxygens (including phenoxy) is 1. The molecule has 1 aliphatic heterocycles. The van der Waals surface area contributed by atoms with Gasteiger partial charge < -0.3 is 4.74 Å². The van der Waals surface area contributed by atoms with E-state index in [9.17, 15) is 0 Å². The van der Waals surface area contributed by atoms with E-state index in [1.807, 2.05) is 18.2 Å². The average Bonchev–Trinajstić information content (AvgIpc) is 2.90. The molecular formula is C14H20N4O. The van der Waals surface area contributed by atoms with Crippen molar-refractivity contribution in [2.24, 2.45) is 0 Å². The molecule has 102 valence electrons. The summed E-state index contributed by atoms with van der Waals surface area (Å²) in [7, 11) is 1.66. The second-order valence-corrected chi connectivity index (χ2v) is 4.95. The highest BCUT2D eigenvalue weighted by Crippen LogP contribution is 2.29. The lowest BCUT2D eigenvalue weighted by atomic mass is 10.0. The van der Waals surface area contributed by atoms with Crippen molar-refractivity contribution in [3.8, 4) is 5.88 Å². The van der Waals surface area contributed by atoms with Crippen LogP contribution in [0.25, 0.3) is 5.65 Å². The molecule has 1 saturated heterocycles. The summed E-state index contributed by atoms with van der Waals surface area (Å²) in [6, 6.07) is 6.18. The van der Waals surface area contributed by atoms with Crippen molar-refractivity contribution in [2.45, 2.75) is 32.2 Å². The first-order valence-corrected chi connectivity index (χ1v) is 6.97. The van der Waals surface area contributed by atoms with E-state index in [0.29, 0.717) is 6.04 Å². The minimum absolute atomic E-state index is 0.350. The van der Waals surface area contributed by atoms with Crippen molar-refractivity contribution in [3.05, 3.63) is 24.0 Å². The highest BCUT2D eigenvalue weighted by atomic mass is 16.5. The molecule has 0 saturated carbocycles. The standard InChI is InChI=1S/C14H20N4O/c1-3-17-10-5-4-7-11(17)14-15-12-8-6-9-13(19-2)18(12)16-14/h6,8-9,11H,3-5,7,10H2,1-2H3. The summed E-state index contributed by atoms with van der Waals surface area (Å²) in [6.07, 6.45) is 3.68. The van der Waals surface area contributed by atoms with Gasteiger partial charge in [0.2, 0.25) is 5.88 Å². The number of hydrogen-bond donors (Lipinski definition) is 0. The highest BCUT2D eigenvalue weighted by Gasteiger charge is 2.26. The maximum Gasteiger partial charge on any atom is 0.216 e. The molecule has 0 spiro atoms. The summed E-state index contributed by atoms with van der Waals surface area (Å²) in [5, 5.41) is 4.64. The third-order valence-corrected chi connectivity index (χ3v) is 3.87. The predicted molar refractivity (Wildman–Crippen MR) is 73.4 cm³/mol. The van der Waals surface area contributed by atoms with E-state index in [1.54, 1.807) is 11.6 Å². The fourth-order valence-electron chi connectivity index (χ4n) is 2.86. The first-order valence-electron chi connectivity index (χ1n) is 6.97. The molecule has 1 aliphatic rings. The maximum absolute atomic E-state index is 5.33. The topological polar surface area (TPSA) is 42.7 Å². The SMILES string of the molecule is CCN1CCCCC1c1nc2cccc(OC)n2n1. The second kappa shape index (κ2) is 5.17. The molecule has 1 fully saturated rings. The Kier molecular flexibility index (Phi) is 3.38. The number of fused-ring (bicyclic) bond motifs is 1. The largest absolute Gasteiger partial charge is 0.481 e. The number of rotatable bonds is 3. The number of nitrogens with zero attached hydrogens (tertiary/aromatic N) is 4. The number of likely N-dealkylation sites (tertiary alicyclic amines) is 1. The van der Waals surface area contributed by atoms with Crippen LogP contribution in [0.5, 0.6) is 5.88 Å². The lowest BCUT2D eigenvalue weighted by molar-refractivity contribution is 0.150. The van der Waals surface area contributed by atoms with Gasteiger partial charge in [-0.3, -0.25) is 4.90 Å². The van der Waals surface area contributed by atoms with Crippen molar-refractivity contribution in [3.63, 3.8) is 0 Å². The Hall–Kier alpha value is -1.62. The van der Waals surface area contributed by atoms with Crippen molar-refractivity contribution >= 4 is 5.65 Å². The van der Waals surface area contributed by atoms with Crippen LogP contribution in [0, 0.1) is 0 Å². The summed E-state index contributed by atoms with van der Waals surface area (Å²) in [5.74, 6) is 1.65. The molecule has 5 nitrogen and oxygen atoms in total. The number of pyridine rings is 1. The van der Waals surface area contributed by atoms with Crippen molar-refractivity contribution in [1.29, 1.82) is 0 Å². The van der Waals surface area contributed by atoms with Gasteiger partial charge in [0.15, 0.2) is 11.5 Å². The summed E-state index contributed by atoms with van der Waals surface area (Å²) in [5.41, 5.74) is 0.857. The van der Waals surface area contributed by atoms with Crippen LogP contribution in [-0.4, -0.2) is 39.7 Å². The minimum Gasteiger partial charge on any atom is -0.481 e. The van der Waals surface area contributed by atoms with Gasteiger partial charge in [-0.25, -0.2) is 4.98 Å². The Morgan fingerprint density at radius 3 is 3.05 bits per heavy atom. The number of piperidine rings is 1. The molecule has 19 heavy (non-hydrogen) atoms. The lowest BCUT2D eigenvalue weighted by Gasteiger charge is -2.32. The van der Waals surface area contributed by atoms with Gasteiger partial charge in [0.1, 0.15) is 0 Å². The zero-order valence-corrected chi connectivity index (χ0v) is 11.5. The zero-order valence-electron chi connectivity index (χ0n) is 11.5. The Morgan fingerprint density at radius 1 is 1.37 bits per heavy atom. The fourth-order valence-corrected chi connectivity index (χ4v) is 2.86. The van der Waals surface area contributed by atoms with Gasteiger partial charge in [-0.2, -0.15) is 4.52 Å². The van der Waals surface area contributed by atoms with Crippen LogP contribution in [0.2, 0.25) is 0 Å². The van der Waals surface area contributed by atoms with Gasteiger partial charge in [-0.1, -0.05) is 19.4 Å². The van der Waals surface area contributed by atoms with E-state index >= 15 is 0 Å². The summed E-state index contributed by atoms with van der Waals surface area (Å²) < 4.78 is 7.12. The third kappa shape index (κ3) is 2.18. The number of aromatic nitrogens is 3. The van der Waals surface area contributed by atoms with Gasteiger partial charge in [-0.05, 0) is 32.0 Å². The smallest absolute Gasteiger partial charge is 0.216 e. The van der Waals surface area contributed by atoms with Gasteiger partial charge >= 0.3 is 0 Å². The molecule has 0 aliphatic carbocycles. The molecule has 2 aromatic heterocycles. The zero-order chi connectivity index (χ0) is 13.2. The first-order chi connectivity index (χ1) is 9.33. The molecule has 0 radical (unpaired) electrons. The maximum atomic E-state index is 5.33. The van der Waals surface area contributed by atoms with E-state index in [1.165, 1.54) is 12.8 Å². The average molecular weight is 260 g/mol. The first kappa shape index (κ1) is 12.4. The molecule has 3 heterocycles. The van der Waals surface area contributed by atoms with Gasteiger partial charge in [0.05, 0.1) is 13.2 Å². The number of methoxy groups -OCH3 is 1. The molecule has 0 N–H and O–H groups in total. The Bertz CT molecular complexity index is 566. The van der Waals surface area contributed by atoms with Gasteiger partial charge in [-0.15, -0.1) is 5.10 Å². The van der Waals surface area contributed by atoms with Crippen molar-refractivity contribution in [2.75, 3.05) is 20.2 Å². The second-order valence-electron chi connectivity index (χ2n) is 4.95. The summed E-state index contributed by atoms with van der Waals surface area (Å²) >= 11 is 0. The molecule has 1 atom stereocenters. The highest BCUT2D eigenvalue weighted by molar-refractivity contribution is 5.41. The van der Waals surface area contributed by atoms with Crippen LogP contribution in [0.4, 0.5) is 0 Å². The molecule has 0 aromatic carbocycles. The van der Waals surface area contributed by atoms with E-state index in [0.717, 1.165) is 36.9 Å². The lowest BCUT2D eigenvalue weighted by Crippen LogP contribution is -2.33. The van der Waals surface area contributed by atoms with Gasteiger partial charge in [0, 0.05) is 6.07 Å². The Labute approximate surface area is 113 Å². The van der Waals surface area contributed by atoms with Crippen LogP contribution in [0.1, 0.15) is 38.1 Å². The third-order valence-electron chi connectivity index (χ3n) is 3.87. The molecule has 2 aromatic rings. The van der Waals surface area contributed by atoms with Gasteiger partial charge in [0.25, 0.3) is 0 Å². The van der Waals surface area contributed by atoms with Crippen molar-refractivity contribution < 1.29 is 4.74 Å². The molecule has 0 bridgehead atoms. The van der Waals surface area contributed by atoms with E-state index in [2.05, 4.69) is 21.9 Å². The minimum atomic E-state index is 0.350. The fraction of sp³-hybridized carbons (Fsp3) is 0.571. The molecule has 1 unspecified atom stereocenters. The summed E-state index contributed by atoms with van der Waals surface area (Å²) in [6.45, 7) is 4.40. The molecule has 3 rings (SSSR count). The predicted octanol–water partition coefficient (Wildman–Crippen LogP) is 2.28. The van der Waals surface area contributed by atoms with Crippen molar-refractivity contribution in [1.82, 2.24) is 19.5 Å². The normalized spacial score (nSPS) is 20.8. The van der Waals surface area contributed by atoms with Crippen LogP contribution in [0.15, 0.2) is 18.2 Å².